The van der Waals surface area contributed by atoms with E-state index in [-0.39, 0.29) is 15.8 Å². The number of nitro groups is 1. The minimum atomic E-state index is -0.500. The second-order valence-corrected chi connectivity index (χ2v) is 5.69. The molecule has 1 aromatic carbocycles. The molecule has 0 aromatic heterocycles. The Labute approximate surface area is 127 Å². The van der Waals surface area contributed by atoms with Crippen LogP contribution in [0.15, 0.2) is 16.6 Å². The highest BCUT2D eigenvalue weighted by Crippen LogP contribution is 2.31. The predicted octanol–water partition coefficient (Wildman–Crippen LogP) is 5.12. The molecule has 4 nitrogen and oxygen atoms in total. The first-order chi connectivity index (χ1) is 9.49. The van der Waals surface area contributed by atoms with Crippen molar-refractivity contribution in [3.63, 3.8) is 0 Å². The van der Waals surface area contributed by atoms with Crippen molar-refractivity contribution in [3.05, 3.63) is 32.5 Å². The minimum absolute atomic E-state index is 0.104. The fraction of sp³-hybridized carbons (Fsp3) is 0.571. The van der Waals surface area contributed by atoms with Gasteiger partial charge in [0.1, 0.15) is 11.5 Å². The van der Waals surface area contributed by atoms with E-state index >= 15 is 0 Å². The van der Waals surface area contributed by atoms with Crippen LogP contribution in [0.3, 0.4) is 0 Å². The molecule has 6 heteroatoms. The number of benzene rings is 1. The summed E-state index contributed by atoms with van der Waals surface area (Å²) in [6.45, 7) is 4.85. The van der Waals surface area contributed by atoms with E-state index in [9.17, 15) is 14.5 Å². The van der Waals surface area contributed by atoms with Gasteiger partial charge < -0.3 is 5.32 Å². The summed E-state index contributed by atoms with van der Waals surface area (Å²) < 4.78 is 13.6. The lowest BCUT2D eigenvalue weighted by Gasteiger charge is -2.16. The van der Waals surface area contributed by atoms with Gasteiger partial charge in [-0.05, 0) is 28.3 Å². The summed E-state index contributed by atoms with van der Waals surface area (Å²) in [5, 5.41) is 14.0. The molecule has 0 radical (unpaired) electrons. The Hall–Kier alpha value is -1.17. The molecule has 1 unspecified atom stereocenters. The molecule has 0 fully saturated rings. The predicted molar refractivity (Wildman–Crippen MR) is 82.6 cm³/mol. The van der Waals surface area contributed by atoms with Gasteiger partial charge in [0.05, 0.1) is 9.40 Å². The number of nitrogens with zero attached hydrogens (tertiary/aromatic N) is 1. The van der Waals surface area contributed by atoms with E-state index in [1.165, 1.54) is 12.1 Å². The fourth-order valence-electron chi connectivity index (χ4n) is 2.03. The molecule has 0 saturated carbocycles. The van der Waals surface area contributed by atoms with Gasteiger partial charge in [-0.15, -0.1) is 0 Å². The SMILES string of the molecule is CCCCC(CC)CNc1cc(F)c(Br)cc1[N+](=O)[O-]. The number of nitro benzene ring substituents is 1. The largest absolute Gasteiger partial charge is 0.379 e. The van der Waals surface area contributed by atoms with Crippen LogP contribution in [0, 0.1) is 21.8 Å². The van der Waals surface area contributed by atoms with Crippen LogP contribution >= 0.6 is 15.9 Å². The van der Waals surface area contributed by atoms with Crippen LogP contribution < -0.4 is 5.32 Å². The zero-order chi connectivity index (χ0) is 15.1. The number of hydrogen-bond acceptors (Lipinski definition) is 3. The van der Waals surface area contributed by atoms with Crippen LogP contribution in [-0.2, 0) is 0 Å². The summed E-state index contributed by atoms with van der Waals surface area (Å²) in [7, 11) is 0. The van der Waals surface area contributed by atoms with E-state index in [2.05, 4.69) is 35.1 Å². The molecule has 1 aromatic rings. The van der Waals surface area contributed by atoms with E-state index in [0.29, 0.717) is 12.5 Å². The van der Waals surface area contributed by atoms with Gasteiger partial charge >= 0.3 is 0 Å². The summed E-state index contributed by atoms with van der Waals surface area (Å²) in [4.78, 5) is 10.5. The number of unbranched alkanes of at least 4 members (excludes halogenated alkanes) is 1. The third-order valence-corrected chi connectivity index (χ3v) is 3.97. The van der Waals surface area contributed by atoms with E-state index in [4.69, 9.17) is 0 Å². The lowest BCUT2D eigenvalue weighted by atomic mass is 9.99. The summed E-state index contributed by atoms with van der Waals surface area (Å²) in [5.74, 6) is -0.0547. The minimum Gasteiger partial charge on any atom is -0.379 e. The Morgan fingerprint density at radius 1 is 1.45 bits per heavy atom. The maximum Gasteiger partial charge on any atom is 0.293 e. The monoisotopic (exact) mass is 346 g/mol. The van der Waals surface area contributed by atoms with Crippen molar-refractivity contribution in [1.29, 1.82) is 0 Å². The summed E-state index contributed by atoms with van der Waals surface area (Å²) >= 11 is 2.97. The molecule has 0 aliphatic rings. The average molecular weight is 347 g/mol. The first kappa shape index (κ1) is 16.9. The number of anilines is 1. The van der Waals surface area contributed by atoms with Gasteiger partial charge in [0.25, 0.3) is 5.69 Å². The molecular weight excluding hydrogens is 327 g/mol. The molecule has 0 spiro atoms. The molecule has 1 atom stereocenters. The molecule has 0 bridgehead atoms. The zero-order valence-corrected chi connectivity index (χ0v) is 13.4. The van der Waals surface area contributed by atoms with Crippen LogP contribution in [0.25, 0.3) is 0 Å². The second-order valence-electron chi connectivity index (χ2n) is 4.84. The average Bonchev–Trinajstić information content (AvgIpc) is 2.42. The van der Waals surface area contributed by atoms with E-state index in [1.807, 2.05) is 0 Å². The first-order valence-corrected chi connectivity index (χ1v) is 7.66. The van der Waals surface area contributed by atoms with E-state index in [1.54, 1.807) is 0 Å². The van der Waals surface area contributed by atoms with Gasteiger partial charge in [-0.1, -0.05) is 33.1 Å². The first-order valence-electron chi connectivity index (χ1n) is 6.86. The molecule has 0 aliphatic carbocycles. The summed E-state index contributed by atoms with van der Waals surface area (Å²) in [5.41, 5.74) is 0.134. The quantitative estimate of drug-likeness (QED) is 0.524. The van der Waals surface area contributed by atoms with Crippen molar-refractivity contribution in [1.82, 2.24) is 0 Å². The highest BCUT2D eigenvalue weighted by Gasteiger charge is 2.18. The van der Waals surface area contributed by atoms with Crippen molar-refractivity contribution >= 4 is 27.3 Å². The van der Waals surface area contributed by atoms with E-state index < -0.39 is 10.7 Å². The maximum absolute atomic E-state index is 13.5. The van der Waals surface area contributed by atoms with Crippen LogP contribution in [0.4, 0.5) is 15.8 Å². The van der Waals surface area contributed by atoms with Crippen molar-refractivity contribution < 1.29 is 9.31 Å². The molecule has 0 aliphatic heterocycles. The zero-order valence-electron chi connectivity index (χ0n) is 11.8. The number of nitrogens with one attached hydrogen (secondary N) is 1. The third kappa shape index (κ3) is 4.74. The Morgan fingerprint density at radius 2 is 2.15 bits per heavy atom. The smallest absolute Gasteiger partial charge is 0.293 e. The van der Waals surface area contributed by atoms with Crippen LogP contribution in [0.5, 0.6) is 0 Å². The van der Waals surface area contributed by atoms with E-state index in [0.717, 1.165) is 25.7 Å². The lowest BCUT2D eigenvalue weighted by Crippen LogP contribution is -2.14. The molecule has 20 heavy (non-hydrogen) atoms. The lowest BCUT2D eigenvalue weighted by molar-refractivity contribution is -0.384. The number of rotatable bonds is 8. The molecule has 0 amide bonds. The van der Waals surface area contributed by atoms with Crippen molar-refractivity contribution in [2.75, 3.05) is 11.9 Å². The third-order valence-electron chi connectivity index (χ3n) is 3.36. The van der Waals surface area contributed by atoms with Gasteiger partial charge in [-0.25, -0.2) is 4.39 Å². The van der Waals surface area contributed by atoms with Crippen LogP contribution in [0.2, 0.25) is 0 Å². The summed E-state index contributed by atoms with van der Waals surface area (Å²) in [6, 6.07) is 2.37. The molecular formula is C14H20BrFN2O2. The van der Waals surface area contributed by atoms with Crippen molar-refractivity contribution in [2.45, 2.75) is 39.5 Å². The number of halogens is 2. The Morgan fingerprint density at radius 3 is 2.70 bits per heavy atom. The Bertz CT molecular complexity index is 469. The molecule has 0 heterocycles. The molecule has 1 N–H and O–H groups in total. The Balaban J connectivity index is 2.80. The highest BCUT2D eigenvalue weighted by molar-refractivity contribution is 9.10. The van der Waals surface area contributed by atoms with Crippen molar-refractivity contribution in [2.24, 2.45) is 5.92 Å². The Kier molecular flexibility index (Phi) is 6.91. The molecule has 1 rings (SSSR count). The van der Waals surface area contributed by atoms with Crippen molar-refractivity contribution in [3.8, 4) is 0 Å². The molecule has 112 valence electrons. The second kappa shape index (κ2) is 8.19. The molecule has 0 saturated heterocycles. The fourth-order valence-corrected chi connectivity index (χ4v) is 2.36. The van der Waals surface area contributed by atoms with Gasteiger partial charge in [0.15, 0.2) is 0 Å². The van der Waals surface area contributed by atoms with Crippen LogP contribution in [-0.4, -0.2) is 11.5 Å². The van der Waals surface area contributed by atoms with Crippen LogP contribution in [0.1, 0.15) is 39.5 Å². The topological polar surface area (TPSA) is 55.2 Å². The standard InChI is InChI=1S/C14H20BrFN2O2/c1-3-5-6-10(4-2)9-17-13-8-12(16)11(15)7-14(13)18(19)20/h7-8,10,17H,3-6,9H2,1-2H3. The normalized spacial score (nSPS) is 12.2. The van der Waals surface area contributed by atoms with Gasteiger partial charge in [0, 0.05) is 18.7 Å². The maximum atomic E-state index is 13.5. The van der Waals surface area contributed by atoms with Gasteiger partial charge in [0.2, 0.25) is 0 Å². The number of hydrogen-bond donors (Lipinski definition) is 1. The van der Waals surface area contributed by atoms with Gasteiger partial charge in [-0.2, -0.15) is 0 Å². The summed E-state index contributed by atoms with van der Waals surface area (Å²) in [6.07, 6.45) is 4.34. The highest BCUT2D eigenvalue weighted by atomic mass is 79.9. The van der Waals surface area contributed by atoms with Gasteiger partial charge in [-0.3, -0.25) is 10.1 Å².